The van der Waals surface area contributed by atoms with Gasteiger partial charge in [-0.2, -0.15) is 5.10 Å². The largest absolute Gasteiger partial charge is 0.480 e. The lowest BCUT2D eigenvalue weighted by Gasteiger charge is -2.13. The van der Waals surface area contributed by atoms with E-state index in [9.17, 15) is 14.7 Å². The summed E-state index contributed by atoms with van der Waals surface area (Å²) in [6.07, 6.45) is 5.86. The second-order valence-corrected chi connectivity index (χ2v) is 5.67. The number of amides is 1. The summed E-state index contributed by atoms with van der Waals surface area (Å²) in [4.78, 5) is 23.8. The number of carbonyl (C=O) groups is 2. The van der Waals surface area contributed by atoms with Crippen molar-refractivity contribution in [3.63, 3.8) is 0 Å². The van der Waals surface area contributed by atoms with Crippen molar-refractivity contribution in [2.24, 2.45) is 0 Å². The molecule has 25 heavy (non-hydrogen) atoms. The van der Waals surface area contributed by atoms with Crippen molar-refractivity contribution in [3.05, 3.63) is 65.5 Å². The fraction of sp³-hybridized carbons (Fsp3) is 0.316. The van der Waals surface area contributed by atoms with E-state index in [1.807, 2.05) is 44.2 Å². The molecule has 132 valence electrons. The molecule has 1 aromatic heterocycles. The average Bonchev–Trinajstić information content (AvgIpc) is 3.01. The molecular formula is C19H23N3O3. The fourth-order valence-electron chi connectivity index (χ4n) is 2.60. The van der Waals surface area contributed by atoms with E-state index in [1.165, 1.54) is 6.20 Å². The smallest absolute Gasteiger partial charge is 0.326 e. The molecule has 2 aromatic rings. The van der Waals surface area contributed by atoms with Crippen molar-refractivity contribution in [1.82, 2.24) is 15.1 Å². The number of rotatable bonds is 8. The van der Waals surface area contributed by atoms with Crippen LogP contribution < -0.4 is 5.32 Å². The first-order chi connectivity index (χ1) is 12.1. The first kappa shape index (κ1) is 18.4. The third-order valence-electron chi connectivity index (χ3n) is 3.91. The molecule has 0 saturated heterocycles. The second-order valence-electron chi connectivity index (χ2n) is 5.67. The zero-order valence-electron chi connectivity index (χ0n) is 14.5. The molecule has 0 aliphatic heterocycles. The van der Waals surface area contributed by atoms with Gasteiger partial charge in [0.25, 0.3) is 5.91 Å². The monoisotopic (exact) mass is 341 g/mol. The highest BCUT2D eigenvalue weighted by Gasteiger charge is 2.22. The van der Waals surface area contributed by atoms with Crippen LogP contribution in [0, 0.1) is 0 Å². The molecule has 0 aliphatic carbocycles. The van der Waals surface area contributed by atoms with E-state index in [0.29, 0.717) is 18.5 Å². The molecule has 0 fully saturated rings. The van der Waals surface area contributed by atoms with Gasteiger partial charge in [0.15, 0.2) is 0 Å². The van der Waals surface area contributed by atoms with Crippen molar-refractivity contribution < 1.29 is 14.7 Å². The van der Waals surface area contributed by atoms with Crippen LogP contribution in [0.4, 0.5) is 0 Å². The van der Waals surface area contributed by atoms with E-state index in [0.717, 1.165) is 11.3 Å². The number of carboxylic acid groups (broad SMARTS) is 1. The number of carboxylic acids is 1. The Morgan fingerprint density at radius 3 is 2.64 bits per heavy atom. The number of hydrogen-bond donors (Lipinski definition) is 2. The maximum atomic E-state index is 12.5. The fourth-order valence-corrected chi connectivity index (χ4v) is 2.60. The molecule has 1 aromatic carbocycles. The van der Waals surface area contributed by atoms with Crippen LogP contribution in [0.25, 0.3) is 0 Å². The SMILES string of the molecule is C/C=C/CC(NC(=O)c1cnn(Cc2ccccc2)c1CC)C(=O)O. The van der Waals surface area contributed by atoms with Crippen molar-refractivity contribution in [2.75, 3.05) is 0 Å². The minimum absolute atomic E-state index is 0.247. The Morgan fingerprint density at radius 2 is 2.04 bits per heavy atom. The van der Waals surface area contributed by atoms with E-state index in [2.05, 4.69) is 10.4 Å². The molecular weight excluding hydrogens is 318 g/mol. The molecule has 1 amide bonds. The molecule has 1 atom stereocenters. The molecule has 6 heteroatoms. The lowest BCUT2D eigenvalue weighted by molar-refractivity contribution is -0.139. The van der Waals surface area contributed by atoms with E-state index in [-0.39, 0.29) is 6.42 Å². The predicted octanol–water partition coefficient (Wildman–Crippen LogP) is 2.64. The highest BCUT2D eigenvalue weighted by molar-refractivity contribution is 5.97. The summed E-state index contributed by atoms with van der Waals surface area (Å²) < 4.78 is 1.78. The first-order valence-electron chi connectivity index (χ1n) is 8.30. The number of nitrogens with zero attached hydrogens (tertiary/aromatic N) is 2. The molecule has 6 nitrogen and oxygen atoms in total. The Morgan fingerprint density at radius 1 is 1.32 bits per heavy atom. The number of aromatic nitrogens is 2. The zero-order valence-corrected chi connectivity index (χ0v) is 14.5. The van der Waals surface area contributed by atoms with E-state index in [4.69, 9.17) is 0 Å². The van der Waals surface area contributed by atoms with Crippen molar-refractivity contribution in [1.29, 1.82) is 0 Å². The van der Waals surface area contributed by atoms with E-state index in [1.54, 1.807) is 16.8 Å². The summed E-state index contributed by atoms with van der Waals surface area (Å²) in [5.41, 5.74) is 2.30. The lowest BCUT2D eigenvalue weighted by atomic mass is 10.1. The number of nitrogens with one attached hydrogen (secondary N) is 1. The summed E-state index contributed by atoms with van der Waals surface area (Å²) >= 11 is 0. The molecule has 0 spiro atoms. The summed E-state index contributed by atoms with van der Waals surface area (Å²) in [7, 11) is 0. The molecule has 0 radical (unpaired) electrons. The Hall–Kier alpha value is -2.89. The Kier molecular flexibility index (Phi) is 6.51. The van der Waals surface area contributed by atoms with Crippen molar-refractivity contribution in [3.8, 4) is 0 Å². The minimum atomic E-state index is -1.05. The highest BCUT2D eigenvalue weighted by atomic mass is 16.4. The zero-order chi connectivity index (χ0) is 18.2. The van der Waals surface area contributed by atoms with Gasteiger partial charge in [-0.25, -0.2) is 4.79 Å². The maximum Gasteiger partial charge on any atom is 0.326 e. The molecule has 0 bridgehead atoms. The van der Waals surface area contributed by atoms with E-state index < -0.39 is 17.9 Å². The maximum absolute atomic E-state index is 12.5. The molecule has 0 saturated carbocycles. The third kappa shape index (κ3) is 4.79. The van der Waals surface area contributed by atoms with Crippen LogP contribution in [0.3, 0.4) is 0 Å². The standard InChI is InChI=1S/C19H23N3O3/c1-3-5-11-16(19(24)25)21-18(23)15-12-20-22(17(15)4-2)13-14-9-7-6-8-10-14/h3,5-10,12,16H,4,11,13H2,1-2H3,(H,21,23)(H,24,25)/b5-3+. The summed E-state index contributed by atoms with van der Waals surface area (Å²) in [6.45, 7) is 4.32. The normalized spacial score (nSPS) is 12.2. The van der Waals surface area contributed by atoms with Gasteiger partial charge in [-0.3, -0.25) is 9.48 Å². The Labute approximate surface area is 147 Å². The van der Waals surface area contributed by atoms with Gasteiger partial charge < -0.3 is 10.4 Å². The number of carbonyl (C=O) groups excluding carboxylic acids is 1. The van der Waals surface area contributed by atoms with Crippen LogP contribution in [-0.4, -0.2) is 32.8 Å². The van der Waals surface area contributed by atoms with Gasteiger partial charge in [0, 0.05) is 0 Å². The highest BCUT2D eigenvalue weighted by Crippen LogP contribution is 2.13. The van der Waals surface area contributed by atoms with Gasteiger partial charge >= 0.3 is 5.97 Å². The number of allylic oxidation sites excluding steroid dienone is 1. The second kappa shape index (κ2) is 8.82. The summed E-state index contributed by atoms with van der Waals surface area (Å²) in [5.74, 6) is -1.46. The van der Waals surface area contributed by atoms with Crippen LogP contribution >= 0.6 is 0 Å². The number of benzene rings is 1. The van der Waals surface area contributed by atoms with Gasteiger partial charge in [-0.05, 0) is 25.3 Å². The van der Waals surface area contributed by atoms with Crippen LogP contribution in [0.15, 0.2) is 48.7 Å². The van der Waals surface area contributed by atoms with Gasteiger partial charge in [0.2, 0.25) is 0 Å². The van der Waals surface area contributed by atoms with Crippen LogP contribution in [0.2, 0.25) is 0 Å². The first-order valence-corrected chi connectivity index (χ1v) is 8.30. The van der Waals surface area contributed by atoms with E-state index >= 15 is 0 Å². The molecule has 0 aliphatic rings. The average molecular weight is 341 g/mol. The molecule has 1 heterocycles. The van der Waals surface area contributed by atoms with Crippen molar-refractivity contribution >= 4 is 11.9 Å². The van der Waals surface area contributed by atoms with Gasteiger partial charge in [0.05, 0.1) is 24.0 Å². The lowest BCUT2D eigenvalue weighted by Crippen LogP contribution is -2.40. The minimum Gasteiger partial charge on any atom is -0.480 e. The predicted molar refractivity (Wildman–Crippen MR) is 95.5 cm³/mol. The Bertz CT molecular complexity index is 751. The van der Waals surface area contributed by atoms with Gasteiger partial charge in [0.1, 0.15) is 6.04 Å². The topological polar surface area (TPSA) is 84.2 Å². The van der Waals surface area contributed by atoms with Crippen molar-refractivity contribution in [2.45, 2.75) is 39.3 Å². The third-order valence-corrected chi connectivity index (χ3v) is 3.91. The van der Waals surface area contributed by atoms with Gasteiger partial charge in [-0.1, -0.05) is 49.4 Å². The quantitative estimate of drug-likeness (QED) is 0.723. The molecule has 2 N–H and O–H groups in total. The number of hydrogen-bond acceptors (Lipinski definition) is 3. The molecule has 2 rings (SSSR count). The Balaban J connectivity index is 2.18. The van der Waals surface area contributed by atoms with Crippen LogP contribution in [-0.2, 0) is 17.8 Å². The van der Waals surface area contributed by atoms with Crippen LogP contribution in [0.1, 0.15) is 41.9 Å². The summed E-state index contributed by atoms with van der Waals surface area (Å²) in [6, 6.07) is 8.90. The number of aliphatic carboxylic acids is 1. The van der Waals surface area contributed by atoms with Crippen LogP contribution in [0.5, 0.6) is 0 Å². The molecule has 1 unspecified atom stereocenters. The summed E-state index contributed by atoms with van der Waals surface area (Å²) in [5, 5.41) is 16.1. The van der Waals surface area contributed by atoms with Gasteiger partial charge in [-0.15, -0.1) is 0 Å².